The molecule has 0 radical (unpaired) electrons. The van der Waals surface area contributed by atoms with Gasteiger partial charge >= 0.3 is 5.97 Å². The van der Waals surface area contributed by atoms with Crippen LogP contribution < -0.4 is 5.73 Å². The van der Waals surface area contributed by atoms with E-state index in [1.54, 1.807) is 30.9 Å². The van der Waals surface area contributed by atoms with E-state index in [0.717, 1.165) is 11.1 Å². The highest BCUT2D eigenvalue weighted by atomic mass is 35.5. The van der Waals surface area contributed by atoms with Crippen molar-refractivity contribution in [2.75, 3.05) is 5.73 Å². The molecule has 1 aromatic carbocycles. The standard InChI is InChI=1S/C18H17ClN4O2/c19-14-4-1-12(2-5-14)9-23-10-16(22-11-23)15(18(24)25)7-13-3-6-17(20)21-8-13/h1-6,8,10-11,15H,7,9H2,(H2,20,21)(H,24,25). The molecule has 3 rings (SSSR count). The van der Waals surface area contributed by atoms with Crippen LogP contribution in [0, 0.1) is 0 Å². The molecule has 7 heteroatoms. The zero-order valence-corrected chi connectivity index (χ0v) is 14.1. The maximum atomic E-state index is 11.7. The number of carboxylic acids is 1. The number of carbonyl (C=O) groups is 1. The van der Waals surface area contributed by atoms with E-state index in [1.807, 2.05) is 28.8 Å². The van der Waals surface area contributed by atoms with Gasteiger partial charge in [-0.1, -0.05) is 29.8 Å². The molecule has 128 valence electrons. The molecule has 0 fully saturated rings. The molecular formula is C18H17ClN4O2. The van der Waals surface area contributed by atoms with Crippen LogP contribution in [-0.4, -0.2) is 25.6 Å². The van der Waals surface area contributed by atoms with Gasteiger partial charge in [-0.3, -0.25) is 4.79 Å². The third-order valence-electron chi connectivity index (χ3n) is 3.87. The van der Waals surface area contributed by atoms with E-state index in [0.29, 0.717) is 29.5 Å². The summed E-state index contributed by atoms with van der Waals surface area (Å²) in [5.74, 6) is -1.26. The monoisotopic (exact) mass is 356 g/mol. The topological polar surface area (TPSA) is 94.0 Å². The fourth-order valence-electron chi connectivity index (χ4n) is 2.56. The molecule has 0 bridgehead atoms. The van der Waals surface area contributed by atoms with Crippen molar-refractivity contribution in [1.82, 2.24) is 14.5 Å². The van der Waals surface area contributed by atoms with Crippen LogP contribution in [0.5, 0.6) is 0 Å². The van der Waals surface area contributed by atoms with Gasteiger partial charge in [0.05, 0.1) is 12.0 Å². The molecule has 0 aliphatic rings. The van der Waals surface area contributed by atoms with E-state index < -0.39 is 11.9 Å². The second-order valence-corrected chi connectivity index (χ2v) is 6.22. The lowest BCUT2D eigenvalue weighted by Crippen LogP contribution is -2.15. The summed E-state index contributed by atoms with van der Waals surface area (Å²) in [6.45, 7) is 0.597. The lowest BCUT2D eigenvalue weighted by Gasteiger charge is -2.10. The molecule has 0 saturated carbocycles. The van der Waals surface area contributed by atoms with E-state index in [9.17, 15) is 9.90 Å². The summed E-state index contributed by atoms with van der Waals surface area (Å²) < 4.78 is 1.86. The van der Waals surface area contributed by atoms with Gasteiger partial charge in [0.15, 0.2) is 0 Å². The lowest BCUT2D eigenvalue weighted by molar-refractivity contribution is -0.138. The number of rotatable bonds is 6. The minimum atomic E-state index is -0.923. The van der Waals surface area contributed by atoms with E-state index in [4.69, 9.17) is 17.3 Å². The fraction of sp³-hybridized carbons (Fsp3) is 0.167. The number of hydrogen-bond donors (Lipinski definition) is 2. The molecule has 0 spiro atoms. The number of anilines is 1. The largest absolute Gasteiger partial charge is 0.481 e. The molecule has 0 aliphatic carbocycles. The third kappa shape index (κ3) is 4.36. The number of imidazole rings is 1. The summed E-state index contributed by atoms with van der Waals surface area (Å²) in [5.41, 5.74) is 7.93. The van der Waals surface area contributed by atoms with Crippen LogP contribution >= 0.6 is 11.6 Å². The molecule has 1 unspecified atom stereocenters. The highest BCUT2D eigenvalue weighted by Crippen LogP contribution is 2.20. The van der Waals surface area contributed by atoms with Crippen molar-refractivity contribution in [1.29, 1.82) is 0 Å². The van der Waals surface area contributed by atoms with Crippen LogP contribution in [0.2, 0.25) is 5.02 Å². The van der Waals surface area contributed by atoms with Gasteiger partial charge in [-0.25, -0.2) is 9.97 Å². The zero-order valence-electron chi connectivity index (χ0n) is 13.3. The number of hydrogen-bond acceptors (Lipinski definition) is 4. The number of nitrogen functional groups attached to an aromatic ring is 1. The molecule has 0 saturated heterocycles. The Labute approximate surface area is 149 Å². The summed E-state index contributed by atoms with van der Waals surface area (Å²) >= 11 is 5.88. The molecule has 3 N–H and O–H groups in total. The average molecular weight is 357 g/mol. The van der Waals surface area contributed by atoms with Crippen molar-refractivity contribution in [3.8, 4) is 0 Å². The molecule has 0 amide bonds. The van der Waals surface area contributed by atoms with Gasteiger partial charge in [-0.15, -0.1) is 0 Å². The number of nitrogens with two attached hydrogens (primary N) is 1. The molecule has 25 heavy (non-hydrogen) atoms. The van der Waals surface area contributed by atoms with Gasteiger partial charge in [-0.2, -0.15) is 0 Å². The van der Waals surface area contributed by atoms with Crippen LogP contribution in [0.25, 0.3) is 0 Å². The summed E-state index contributed by atoms with van der Waals surface area (Å²) in [6, 6.07) is 10.9. The highest BCUT2D eigenvalue weighted by Gasteiger charge is 2.23. The maximum Gasteiger partial charge on any atom is 0.312 e. The van der Waals surface area contributed by atoms with Crippen LogP contribution in [0.15, 0.2) is 55.1 Å². The van der Waals surface area contributed by atoms with E-state index in [1.165, 1.54) is 0 Å². The van der Waals surface area contributed by atoms with E-state index in [-0.39, 0.29) is 0 Å². The third-order valence-corrected chi connectivity index (χ3v) is 4.13. The van der Waals surface area contributed by atoms with Crippen molar-refractivity contribution in [2.45, 2.75) is 18.9 Å². The Balaban J connectivity index is 1.76. The lowest BCUT2D eigenvalue weighted by atomic mass is 9.98. The number of aromatic nitrogens is 3. The van der Waals surface area contributed by atoms with Crippen LogP contribution in [0.1, 0.15) is 22.7 Å². The summed E-state index contributed by atoms with van der Waals surface area (Å²) in [4.78, 5) is 19.9. The Bertz CT molecular complexity index is 860. The first-order valence-corrected chi connectivity index (χ1v) is 8.08. The van der Waals surface area contributed by atoms with Gasteiger partial charge in [0.25, 0.3) is 0 Å². The predicted molar refractivity (Wildman–Crippen MR) is 95.5 cm³/mol. The number of benzene rings is 1. The Morgan fingerprint density at radius 1 is 1.16 bits per heavy atom. The minimum absolute atomic E-state index is 0.306. The smallest absolute Gasteiger partial charge is 0.312 e. The molecule has 1 atom stereocenters. The summed E-state index contributed by atoms with van der Waals surface area (Å²) in [5, 5.41) is 10.2. The average Bonchev–Trinajstić information content (AvgIpc) is 3.04. The van der Waals surface area contributed by atoms with Crippen molar-refractivity contribution in [2.24, 2.45) is 0 Å². The van der Waals surface area contributed by atoms with Crippen LogP contribution in [0.3, 0.4) is 0 Å². The van der Waals surface area contributed by atoms with Crippen molar-refractivity contribution >= 4 is 23.4 Å². The first kappa shape index (κ1) is 17.0. The predicted octanol–water partition coefficient (Wildman–Crippen LogP) is 2.97. The van der Waals surface area contributed by atoms with Crippen molar-refractivity contribution < 1.29 is 9.90 Å². The van der Waals surface area contributed by atoms with E-state index in [2.05, 4.69) is 9.97 Å². The van der Waals surface area contributed by atoms with Crippen molar-refractivity contribution in [3.05, 3.63) is 77.0 Å². The molecule has 3 aromatic rings. The van der Waals surface area contributed by atoms with Crippen LogP contribution in [-0.2, 0) is 17.8 Å². The minimum Gasteiger partial charge on any atom is -0.481 e. The Kier molecular flexibility index (Phi) is 5.00. The first-order chi connectivity index (χ1) is 12.0. The number of nitrogens with zero attached hydrogens (tertiary/aromatic N) is 3. The Hall–Kier alpha value is -2.86. The highest BCUT2D eigenvalue weighted by molar-refractivity contribution is 6.30. The second-order valence-electron chi connectivity index (χ2n) is 5.78. The summed E-state index contributed by atoms with van der Waals surface area (Å²) in [7, 11) is 0. The zero-order chi connectivity index (χ0) is 17.8. The van der Waals surface area contributed by atoms with Crippen molar-refractivity contribution in [3.63, 3.8) is 0 Å². The quantitative estimate of drug-likeness (QED) is 0.708. The van der Waals surface area contributed by atoms with Gasteiger partial charge in [-0.05, 0) is 35.7 Å². The van der Waals surface area contributed by atoms with E-state index >= 15 is 0 Å². The normalized spacial score (nSPS) is 12.0. The molecule has 0 aliphatic heterocycles. The number of carboxylic acid groups (broad SMARTS) is 1. The van der Waals surface area contributed by atoms with Gasteiger partial charge < -0.3 is 15.4 Å². The van der Waals surface area contributed by atoms with Crippen LogP contribution in [0.4, 0.5) is 5.82 Å². The molecule has 2 aromatic heterocycles. The Morgan fingerprint density at radius 2 is 1.88 bits per heavy atom. The molecule has 2 heterocycles. The summed E-state index contributed by atoms with van der Waals surface area (Å²) in [6.07, 6.45) is 5.30. The van der Waals surface area contributed by atoms with Gasteiger partial charge in [0.2, 0.25) is 0 Å². The fourth-order valence-corrected chi connectivity index (χ4v) is 2.68. The first-order valence-electron chi connectivity index (χ1n) is 7.70. The SMILES string of the molecule is Nc1ccc(CC(C(=O)O)c2cn(Cc3ccc(Cl)cc3)cn2)cn1. The molecular weight excluding hydrogens is 340 g/mol. The number of pyridine rings is 1. The van der Waals surface area contributed by atoms with Gasteiger partial charge in [0, 0.05) is 24.0 Å². The number of aliphatic carboxylic acids is 1. The van der Waals surface area contributed by atoms with Gasteiger partial charge in [0.1, 0.15) is 11.7 Å². The Morgan fingerprint density at radius 3 is 2.52 bits per heavy atom. The molecule has 6 nitrogen and oxygen atoms in total. The second kappa shape index (κ2) is 7.36. The maximum absolute atomic E-state index is 11.7. The number of halogens is 1.